The second-order valence-electron chi connectivity index (χ2n) is 4.79. The average Bonchev–Trinajstić information content (AvgIpc) is 2.42. The van der Waals surface area contributed by atoms with Gasteiger partial charge in [0.15, 0.2) is 9.84 Å². The monoisotopic (exact) mass is 305 g/mol. The summed E-state index contributed by atoms with van der Waals surface area (Å²) in [6.07, 6.45) is 1.47. The molecule has 3 nitrogen and oxygen atoms in total. The van der Waals surface area contributed by atoms with E-state index in [1.54, 1.807) is 0 Å². The molecule has 0 bridgehead atoms. The molecule has 0 saturated heterocycles. The summed E-state index contributed by atoms with van der Waals surface area (Å²) in [5, 5.41) is 2.31. The number of hydrogen-bond acceptors (Lipinski definition) is 3. The van der Waals surface area contributed by atoms with E-state index in [4.69, 9.17) is 0 Å². The van der Waals surface area contributed by atoms with Crippen molar-refractivity contribution >= 4 is 9.84 Å². The lowest BCUT2D eigenvalue weighted by molar-refractivity contribution is 0.468. The van der Waals surface area contributed by atoms with Gasteiger partial charge in [0.25, 0.3) is 0 Å². The fraction of sp³-hybridized carbons (Fsp3) is 0.571. The van der Waals surface area contributed by atoms with Crippen LogP contribution in [0.25, 0.3) is 0 Å². The van der Waals surface area contributed by atoms with Crippen molar-refractivity contribution in [2.75, 3.05) is 6.54 Å². The van der Waals surface area contributed by atoms with Crippen LogP contribution in [-0.4, -0.2) is 26.3 Å². The molecule has 6 heteroatoms. The topological polar surface area (TPSA) is 46.2 Å². The molecular weight excluding hydrogens is 284 g/mol. The molecular formula is C14H21F2NO2S. The highest BCUT2D eigenvalue weighted by molar-refractivity contribution is 7.92. The average molecular weight is 305 g/mol. The summed E-state index contributed by atoms with van der Waals surface area (Å²) in [5.74, 6) is -1.67. The number of hydrogen-bond donors (Lipinski definition) is 1. The Morgan fingerprint density at radius 3 is 2.45 bits per heavy atom. The molecule has 0 radical (unpaired) electrons. The van der Waals surface area contributed by atoms with Crippen LogP contribution >= 0.6 is 0 Å². The van der Waals surface area contributed by atoms with Gasteiger partial charge in [-0.2, -0.15) is 0 Å². The minimum Gasteiger partial charge on any atom is -0.313 e. The zero-order valence-corrected chi connectivity index (χ0v) is 12.8. The van der Waals surface area contributed by atoms with Gasteiger partial charge in [-0.25, -0.2) is 17.2 Å². The van der Waals surface area contributed by atoms with Crippen LogP contribution in [0.15, 0.2) is 23.1 Å². The van der Waals surface area contributed by atoms with Crippen molar-refractivity contribution in [2.24, 2.45) is 0 Å². The third-order valence-corrected chi connectivity index (χ3v) is 5.59. The summed E-state index contributed by atoms with van der Waals surface area (Å²) in [7, 11) is -3.91. The Bertz CT molecular complexity index is 546. The first-order chi connectivity index (χ1) is 9.34. The molecule has 20 heavy (non-hydrogen) atoms. The Kier molecular flexibility index (Phi) is 6.07. The molecule has 0 aliphatic heterocycles. The van der Waals surface area contributed by atoms with Gasteiger partial charge >= 0.3 is 0 Å². The van der Waals surface area contributed by atoms with Crippen LogP contribution in [-0.2, 0) is 9.84 Å². The molecule has 0 amide bonds. The fourth-order valence-corrected chi connectivity index (χ4v) is 3.82. The van der Waals surface area contributed by atoms with E-state index >= 15 is 0 Å². The lowest BCUT2D eigenvalue weighted by atomic mass is 10.1. The Morgan fingerprint density at radius 2 is 1.90 bits per heavy atom. The van der Waals surface area contributed by atoms with Gasteiger partial charge < -0.3 is 5.32 Å². The molecule has 2 atom stereocenters. The minimum atomic E-state index is -3.91. The van der Waals surface area contributed by atoms with E-state index in [0.29, 0.717) is 13.0 Å². The summed E-state index contributed by atoms with van der Waals surface area (Å²) < 4.78 is 51.7. The van der Waals surface area contributed by atoms with Gasteiger partial charge in [0.1, 0.15) is 16.5 Å². The quantitative estimate of drug-likeness (QED) is 0.842. The van der Waals surface area contributed by atoms with Crippen LogP contribution in [0.1, 0.15) is 33.6 Å². The number of halogens is 2. The zero-order chi connectivity index (χ0) is 15.3. The number of nitrogens with one attached hydrogen (secondary N) is 1. The molecule has 114 valence electrons. The molecule has 0 saturated carbocycles. The van der Waals surface area contributed by atoms with E-state index in [0.717, 1.165) is 24.6 Å². The highest BCUT2D eigenvalue weighted by atomic mass is 32.2. The molecule has 1 N–H and O–H groups in total. The van der Waals surface area contributed by atoms with E-state index in [-0.39, 0.29) is 6.04 Å². The summed E-state index contributed by atoms with van der Waals surface area (Å²) in [5.41, 5.74) is 0. The van der Waals surface area contributed by atoms with Gasteiger partial charge in [0, 0.05) is 6.04 Å². The van der Waals surface area contributed by atoms with E-state index in [9.17, 15) is 17.2 Å². The van der Waals surface area contributed by atoms with Gasteiger partial charge in [-0.05, 0) is 44.5 Å². The van der Waals surface area contributed by atoms with E-state index in [1.807, 2.05) is 13.8 Å². The largest absolute Gasteiger partial charge is 0.313 e. The maximum Gasteiger partial charge on any atom is 0.185 e. The van der Waals surface area contributed by atoms with Crippen LogP contribution in [0.3, 0.4) is 0 Å². The lowest BCUT2D eigenvalue weighted by Crippen LogP contribution is -2.42. The molecule has 1 aromatic carbocycles. The number of benzene rings is 1. The van der Waals surface area contributed by atoms with Crippen molar-refractivity contribution in [3.05, 3.63) is 29.8 Å². The molecule has 0 spiro atoms. The second kappa shape index (κ2) is 7.13. The van der Waals surface area contributed by atoms with Crippen molar-refractivity contribution in [1.82, 2.24) is 5.32 Å². The van der Waals surface area contributed by atoms with E-state index in [1.165, 1.54) is 6.92 Å². The van der Waals surface area contributed by atoms with E-state index in [2.05, 4.69) is 5.32 Å². The molecule has 0 fully saturated rings. The summed E-state index contributed by atoms with van der Waals surface area (Å²) in [4.78, 5) is -0.568. The zero-order valence-electron chi connectivity index (χ0n) is 12.0. The minimum absolute atomic E-state index is 0.289. The van der Waals surface area contributed by atoms with Crippen molar-refractivity contribution in [1.29, 1.82) is 0 Å². The van der Waals surface area contributed by atoms with Crippen LogP contribution in [0, 0.1) is 11.6 Å². The third-order valence-electron chi connectivity index (χ3n) is 3.35. The molecule has 0 aromatic heterocycles. The maximum absolute atomic E-state index is 13.7. The van der Waals surface area contributed by atoms with Crippen LogP contribution < -0.4 is 5.32 Å². The summed E-state index contributed by atoms with van der Waals surface area (Å²) in [6.45, 7) is 6.05. The smallest absolute Gasteiger partial charge is 0.185 e. The Labute approximate surface area is 119 Å². The van der Waals surface area contributed by atoms with Crippen LogP contribution in [0.2, 0.25) is 0 Å². The molecule has 1 aromatic rings. The van der Waals surface area contributed by atoms with Crippen molar-refractivity contribution < 1.29 is 17.2 Å². The van der Waals surface area contributed by atoms with Crippen molar-refractivity contribution in [3.8, 4) is 0 Å². The first kappa shape index (κ1) is 17.0. The standard InChI is InChI=1S/C14H21F2NO2S/c1-4-8-17-13(5-2)10(3)20(18,19)14-9-11(15)6-7-12(14)16/h6-7,9-10,13,17H,4-5,8H2,1-3H3. The van der Waals surface area contributed by atoms with E-state index < -0.39 is 31.6 Å². The highest BCUT2D eigenvalue weighted by Gasteiger charge is 2.32. The van der Waals surface area contributed by atoms with Crippen LogP contribution in [0.4, 0.5) is 8.78 Å². The SMILES string of the molecule is CCCNC(CC)C(C)S(=O)(=O)c1cc(F)ccc1F. The molecule has 2 unspecified atom stereocenters. The van der Waals surface area contributed by atoms with Gasteiger partial charge in [0.2, 0.25) is 0 Å². The molecule has 0 heterocycles. The second-order valence-corrected chi connectivity index (χ2v) is 7.07. The Balaban J connectivity index is 3.11. The summed E-state index contributed by atoms with van der Waals surface area (Å²) >= 11 is 0. The number of sulfone groups is 1. The lowest BCUT2D eigenvalue weighted by Gasteiger charge is -2.24. The predicted octanol–water partition coefficient (Wildman–Crippen LogP) is 2.91. The van der Waals surface area contributed by atoms with Crippen molar-refractivity contribution in [2.45, 2.75) is 49.8 Å². The van der Waals surface area contributed by atoms with Crippen LogP contribution in [0.5, 0.6) is 0 Å². The van der Waals surface area contributed by atoms with Gasteiger partial charge in [0.05, 0.1) is 5.25 Å². The predicted molar refractivity (Wildman–Crippen MR) is 75.4 cm³/mol. The first-order valence-corrected chi connectivity index (χ1v) is 8.31. The molecule has 0 aliphatic rings. The van der Waals surface area contributed by atoms with Gasteiger partial charge in [-0.3, -0.25) is 0 Å². The van der Waals surface area contributed by atoms with Gasteiger partial charge in [-0.15, -0.1) is 0 Å². The van der Waals surface area contributed by atoms with Crippen molar-refractivity contribution in [3.63, 3.8) is 0 Å². The highest BCUT2D eigenvalue weighted by Crippen LogP contribution is 2.23. The molecule has 0 aliphatic carbocycles. The Morgan fingerprint density at radius 1 is 1.25 bits per heavy atom. The first-order valence-electron chi connectivity index (χ1n) is 6.76. The fourth-order valence-electron chi connectivity index (χ4n) is 2.08. The van der Waals surface area contributed by atoms with Gasteiger partial charge in [-0.1, -0.05) is 13.8 Å². The number of rotatable bonds is 7. The normalized spacial score (nSPS) is 15.1. The maximum atomic E-state index is 13.7. The summed E-state index contributed by atoms with van der Waals surface area (Å²) in [6, 6.07) is 2.21. The third kappa shape index (κ3) is 3.76. The molecule has 1 rings (SSSR count). The Hall–Kier alpha value is -1.01.